The number of carboxylic acid groups (broad SMARTS) is 1. The molecule has 0 aliphatic rings. The Balaban J connectivity index is 2.84. The first-order valence-corrected chi connectivity index (χ1v) is 4.52. The molecule has 80 valence electrons. The van der Waals surface area contributed by atoms with Crippen LogP contribution < -0.4 is 5.32 Å². The molecule has 15 heavy (non-hydrogen) atoms. The van der Waals surface area contributed by atoms with Crippen LogP contribution in [0, 0.1) is 0 Å². The van der Waals surface area contributed by atoms with Gasteiger partial charge in [0.25, 0.3) is 0 Å². The van der Waals surface area contributed by atoms with Gasteiger partial charge in [-0.3, -0.25) is 4.79 Å². The summed E-state index contributed by atoms with van der Waals surface area (Å²) in [5.41, 5.74) is 1.53. The smallest absolute Gasteiger partial charge is 0.322 e. The molecule has 0 aliphatic carbocycles. The topological polar surface area (TPSA) is 69.6 Å². The van der Waals surface area contributed by atoms with E-state index in [1.165, 1.54) is 6.07 Å². The van der Waals surface area contributed by atoms with Gasteiger partial charge in [0.2, 0.25) is 0 Å². The van der Waals surface area contributed by atoms with Crippen LogP contribution in [-0.2, 0) is 11.2 Å². The molecule has 0 heterocycles. The molecule has 0 spiro atoms. The number of carboxylic acids is 1. The minimum atomic E-state index is -0.923. The van der Waals surface area contributed by atoms with Gasteiger partial charge in [-0.15, -0.1) is 6.58 Å². The summed E-state index contributed by atoms with van der Waals surface area (Å²) in [4.78, 5) is 10.4. The second-order valence-corrected chi connectivity index (χ2v) is 3.08. The van der Waals surface area contributed by atoms with Gasteiger partial charge in [-0.1, -0.05) is 6.08 Å². The Hall–Kier alpha value is -1.97. The summed E-state index contributed by atoms with van der Waals surface area (Å²) in [5, 5.41) is 20.5. The molecule has 0 saturated carbocycles. The minimum Gasteiger partial charge on any atom is -0.508 e. The highest BCUT2D eigenvalue weighted by atomic mass is 16.4. The van der Waals surface area contributed by atoms with Gasteiger partial charge >= 0.3 is 5.97 Å². The Morgan fingerprint density at radius 3 is 2.87 bits per heavy atom. The molecule has 3 N–H and O–H groups in total. The lowest BCUT2D eigenvalue weighted by Gasteiger charge is -2.09. The number of nitrogens with one attached hydrogen (secondary N) is 1. The van der Waals surface area contributed by atoms with Crippen molar-refractivity contribution in [2.45, 2.75) is 6.42 Å². The SMILES string of the molecule is C=CCc1cc(O)ccc1NCC(=O)O. The second kappa shape index (κ2) is 5.05. The van der Waals surface area contributed by atoms with Gasteiger partial charge in [-0.05, 0) is 30.2 Å². The molecule has 1 rings (SSSR count). The molecule has 0 amide bonds. The van der Waals surface area contributed by atoms with Crippen LogP contribution in [0.1, 0.15) is 5.56 Å². The first-order valence-electron chi connectivity index (χ1n) is 4.52. The zero-order valence-corrected chi connectivity index (χ0v) is 8.23. The van der Waals surface area contributed by atoms with Crippen molar-refractivity contribution in [2.24, 2.45) is 0 Å². The molecule has 0 aromatic heterocycles. The number of benzene rings is 1. The van der Waals surface area contributed by atoms with Gasteiger partial charge < -0.3 is 15.5 Å². The van der Waals surface area contributed by atoms with E-state index < -0.39 is 5.97 Å². The molecule has 0 bridgehead atoms. The number of phenolic OH excluding ortho intramolecular Hbond substituents is 1. The molecule has 0 unspecified atom stereocenters. The fourth-order valence-corrected chi connectivity index (χ4v) is 1.25. The quantitative estimate of drug-likeness (QED) is 0.507. The predicted octanol–water partition coefficient (Wildman–Crippen LogP) is 1.62. The van der Waals surface area contributed by atoms with Crippen LogP contribution in [0.5, 0.6) is 5.75 Å². The lowest BCUT2D eigenvalue weighted by molar-refractivity contribution is -0.134. The average Bonchev–Trinajstić information content (AvgIpc) is 2.17. The molecular formula is C11H13NO3. The van der Waals surface area contributed by atoms with Crippen molar-refractivity contribution in [2.75, 3.05) is 11.9 Å². The average molecular weight is 207 g/mol. The van der Waals surface area contributed by atoms with Crippen molar-refractivity contribution in [3.05, 3.63) is 36.4 Å². The molecule has 1 aromatic rings. The third-order valence-electron chi connectivity index (χ3n) is 1.88. The number of allylic oxidation sites excluding steroid dienone is 1. The number of rotatable bonds is 5. The van der Waals surface area contributed by atoms with E-state index in [4.69, 9.17) is 5.11 Å². The molecule has 0 radical (unpaired) electrons. The highest BCUT2D eigenvalue weighted by molar-refractivity contribution is 5.73. The number of carbonyl (C=O) groups is 1. The predicted molar refractivity (Wildman–Crippen MR) is 58.1 cm³/mol. The zero-order valence-electron chi connectivity index (χ0n) is 8.23. The van der Waals surface area contributed by atoms with Gasteiger partial charge in [0.15, 0.2) is 0 Å². The fourth-order valence-electron chi connectivity index (χ4n) is 1.25. The zero-order chi connectivity index (χ0) is 11.3. The molecule has 1 aromatic carbocycles. The number of hydrogen-bond acceptors (Lipinski definition) is 3. The van der Waals surface area contributed by atoms with Crippen LogP contribution in [0.2, 0.25) is 0 Å². The Kier molecular flexibility index (Phi) is 3.74. The summed E-state index contributed by atoms with van der Waals surface area (Å²) < 4.78 is 0. The van der Waals surface area contributed by atoms with Crippen molar-refractivity contribution in [1.82, 2.24) is 0 Å². The lowest BCUT2D eigenvalue weighted by Crippen LogP contribution is -2.13. The van der Waals surface area contributed by atoms with Crippen LogP contribution >= 0.6 is 0 Å². The Bertz CT molecular complexity index is 374. The largest absolute Gasteiger partial charge is 0.508 e. The number of aliphatic carboxylic acids is 1. The normalized spacial score (nSPS) is 9.60. The third kappa shape index (κ3) is 3.34. The van der Waals surface area contributed by atoms with E-state index >= 15 is 0 Å². The van der Waals surface area contributed by atoms with E-state index in [-0.39, 0.29) is 12.3 Å². The maximum Gasteiger partial charge on any atom is 0.322 e. The van der Waals surface area contributed by atoms with Crippen molar-refractivity contribution in [1.29, 1.82) is 0 Å². The lowest BCUT2D eigenvalue weighted by atomic mass is 10.1. The van der Waals surface area contributed by atoms with Gasteiger partial charge in [0.05, 0.1) is 0 Å². The molecule has 4 nitrogen and oxygen atoms in total. The van der Waals surface area contributed by atoms with Crippen molar-refractivity contribution in [3.8, 4) is 5.75 Å². The maximum absolute atomic E-state index is 10.4. The highest BCUT2D eigenvalue weighted by Crippen LogP contribution is 2.21. The van der Waals surface area contributed by atoms with Gasteiger partial charge in [0.1, 0.15) is 12.3 Å². The van der Waals surface area contributed by atoms with Crippen LogP contribution in [0.3, 0.4) is 0 Å². The summed E-state index contributed by atoms with van der Waals surface area (Å²) in [5.74, 6) is -0.764. The highest BCUT2D eigenvalue weighted by Gasteiger charge is 2.03. The van der Waals surface area contributed by atoms with Gasteiger partial charge in [-0.25, -0.2) is 0 Å². The minimum absolute atomic E-state index is 0.144. The summed E-state index contributed by atoms with van der Waals surface area (Å²) >= 11 is 0. The Labute approximate surface area is 87.9 Å². The molecule has 4 heteroatoms. The molecule has 0 aliphatic heterocycles. The van der Waals surface area contributed by atoms with Crippen molar-refractivity contribution >= 4 is 11.7 Å². The molecule has 0 atom stereocenters. The first kappa shape index (κ1) is 11.1. The standard InChI is InChI=1S/C11H13NO3/c1-2-3-8-6-9(13)4-5-10(8)12-7-11(14)15/h2,4-6,12-13H,1,3,7H2,(H,14,15). The molecular weight excluding hydrogens is 194 g/mol. The van der Waals surface area contributed by atoms with E-state index in [0.717, 1.165) is 5.56 Å². The van der Waals surface area contributed by atoms with Crippen molar-refractivity contribution in [3.63, 3.8) is 0 Å². The van der Waals surface area contributed by atoms with E-state index in [1.54, 1.807) is 18.2 Å². The third-order valence-corrected chi connectivity index (χ3v) is 1.88. The summed E-state index contributed by atoms with van der Waals surface area (Å²) in [7, 11) is 0. The Morgan fingerprint density at radius 1 is 1.53 bits per heavy atom. The molecule has 0 fully saturated rings. The fraction of sp³-hybridized carbons (Fsp3) is 0.182. The van der Waals surface area contributed by atoms with E-state index in [2.05, 4.69) is 11.9 Å². The Morgan fingerprint density at radius 2 is 2.27 bits per heavy atom. The first-order chi connectivity index (χ1) is 7.13. The number of phenols is 1. The van der Waals surface area contributed by atoms with Crippen LogP contribution in [0.4, 0.5) is 5.69 Å². The number of anilines is 1. The maximum atomic E-state index is 10.4. The van der Waals surface area contributed by atoms with Crippen molar-refractivity contribution < 1.29 is 15.0 Å². The van der Waals surface area contributed by atoms with Crippen LogP contribution in [0.25, 0.3) is 0 Å². The summed E-state index contributed by atoms with van der Waals surface area (Å²) in [6.07, 6.45) is 2.27. The number of hydrogen-bond donors (Lipinski definition) is 3. The number of aromatic hydroxyl groups is 1. The van der Waals surface area contributed by atoms with Gasteiger partial charge in [-0.2, -0.15) is 0 Å². The summed E-state index contributed by atoms with van der Waals surface area (Å²) in [6.45, 7) is 3.45. The van der Waals surface area contributed by atoms with E-state index in [9.17, 15) is 9.90 Å². The van der Waals surface area contributed by atoms with Crippen LogP contribution in [-0.4, -0.2) is 22.7 Å². The van der Waals surface area contributed by atoms with E-state index in [1.807, 2.05) is 0 Å². The van der Waals surface area contributed by atoms with Gasteiger partial charge in [0, 0.05) is 5.69 Å². The second-order valence-electron chi connectivity index (χ2n) is 3.08. The van der Waals surface area contributed by atoms with E-state index in [0.29, 0.717) is 12.1 Å². The summed E-state index contributed by atoms with van der Waals surface area (Å²) in [6, 6.07) is 4.75. The monoisotopic (exact) mass is 207 g/mol. The van der Waals surface area contributed by atoms with Crippen LogP contribution in [0.15, 0.2) is 30.9 Å². The molecule has 0 saturated heterocycles.